The predicted molar refractivity (Wildman–Crippen MR) is 293 cm³/mol. The molecule has 1 aromatic heterocycles. The number of sulfonamides is 2. The number of nitro benzene ring substituents is 4. The number of nitrogens with two attached hydrogens (primary N) is 1. The Labute approximate surface area is 509 Å². The average Bonchev–Trinajstić information content (AvgIpc) is 2.04. The molecule has 0 saturated heterocycles. The van der Waals surface area contributed by atoms with Gasteiger partial charge in [0.15, 0.2) is 17.2 Å². The van der Waals surface area contributed by atoms with Gasteiger partial charge in [-0.15, -0.1) is 4.91 Å². The molecular formula is C43H52FN12NaO28S2. The Hall–Kier alpha value is -9.76. The van der Waals surface area contributed by atoms with E-state index in [0.717, 1.165) is 97.4 Å². The summed E-state index contributed by atoms with van der Waals surface area (Å²) in [5.74, 6) is -0.665. The van der Waals surface area contributed by atoms with Crippen LogP contribution in [-0.2, 0) is 43.8 Å². The molecule has 1 heterocycles. The van der Waals surface area contributed by atoms with Crippen LogP contribution in [0.3, 0.4) is 0 Å². The maximum atomic E-state index is 13.4. The summed E-state index contributed by atoms with van der Waals surface area (Å²) in [4.78, 5) is 136. The molecule has 5 rings (SSSR count). The van der Waals surface area contributed by atoms with Crippen LogP contribution in [0.4, 0.5) is 44.2 Å². The van der Waals surface area contributed by atoms with Crippen molar-refractivity contribution < 1.29 is 133 Å². The monoisotopic (exact) mass is 1290 g/mol. The second-order valence-electron chi connectivity index (χ2n) is 14.8. The van der Waals surface area contributed by atoms with E-state index in [1.807, 2.05) is 0 Å². The number of hydrazine groups is 1. The minimum absolute atomic E-state index is 0. The summed E-state index contributed by atoms with van der Waals surface area (Å²) in [6.07, 6.45) is 1.74. The number of rotatable bonds is 16. The Kier molecular flexibility index (Phi) is 35.8. The first-order valence-electron chi connectivity index (χ1n) is 21.9. The van der Waals surface area contributed by atoms with Crippen LogP contribution >= 0.6 is 0 Å². The number of hydrogen-bond donors (Lipinski definition) is 7. The first-order valence-corrected chi connectivity index (χ1v) is 25.7. The second kappa shape index (κ2) is 38.2. The maximum Gasteiger partial charge on any atom is 1.00 e. The number of anilines is 2. The quantitative estimate of drug-likeness (QED) is 0.0104. The van der Waals surface area contributed by atoms with E-state index in [2.05, 4.69) is 40.8 Å². The standard InChI is InChI=1S/C11H12N2O6.C10H9FN2O5.C10H10N4O7S.C9H8N2O6.CH6N2O2S.CH4O.CH3O.Na/c1-6(14)12-8-5-9(13(16)17)10(18-2)4-7(8)11(15)19-3;1-5(14)12-8-4-9(13(16)17)7(11)3-6(8)10(15)18-2;1-21-8-3-5-6(4-7(8)14(17)18)11-10(16)13(9(5)15)12-22(2,19)20;1-16-8-3-5(9(12)17-2)6(10-13)4-7(8)11(14)15;1-6(4,5)3-2;2*1-2;/h4-5H,1-3H3,(H,12,14);3-4H,1-2H3,(H,12,14);3-4,12H,1-2H3,(H,11,16);3-4H,1-2H3;3H,2H2,1H3;2H,1H3;1H3;/q;;;;;;-1;+1. The molecule has 0 aliphatic carbocycles. The third-order valence-corrected chi connectivity index (χ3v) is 10.0. The van der Waals surface area contributed by atoms with E-state index in [1.54, 1.807) is 9.66 Å². The summed E-state index contributed by atoms with van der Waals surface area (Å²) in [6, 6.07) is 7.52. The van der Waals surface area contributed by atoms with E-state index in [4.69, 9.17) is 24.4 Å². The molecule has 0 atom stereocenters. The molecule has 2 amide bonds. The summed E-state index contributed by atoms with van der Waals surface area (Å²) in [7, 11) is 1.70. The van der Waals surface area contributed by atoms with E-state index >= 15 is 0 Å². The van der Waals surface area contributed by atoms with Gasteiger partial charge in [0.2, 0.25) is 37.7 Å². The molecule has 0 spiro atoms. The normalized spacial score (nSPS) is 9.79. The van der Waals surface area contributed by atoms with Crippen LogP contribution in [0.25, 0.3) is 10.9 Å². The fraction of sp³-hybridized carbons (Fsp3) is 0.279. The number of amides is 2. The number of nitroso groups, excluding NO2 is 1. The summed E-state index contributed by atoms with van der Waals surface area (Å²) in [5.41, 5.74) is -5.35. The number of aromatic amines is 1. The first-order chi connectivity index (χ1) is 40.0. The van der Waals surface area contributed by atoms with Gasteiger partial charge < -0.3 is 54.3 Å². The van der Waals surface area contributed by atoms with Gasteiger partial charge in [-0.25, -0.2) is 40.8 Å². The van der Waals surface area contributed by atoms with E-state index < -0.39 is 104 Å². The summed E-state index contributed by atoms with van der Waals surface area (Å²) < 4.78 is 83.2. The number of benzene rings is 4. The molecule has 0 unspecified atom stereocenters. The number of esters is 3. The Morgan fingerprint density at radius 2 is 0.954 bits per heavy atom. The smallest absolute Gasteiger partial charge is 0.857 e. The molecule has 0 aliphatic rings. The van der Waals surface area contributed by atoms with Crippen LogP contribution in [0.5, 0.6) is 17.2 Å². The number of nitro groups is 4. The van der Waals surface area contributed by atoms with E-state index in [9.17, 15) is 100 Å². The van der Waals surface area contributed by atoms with Crippen LogP contribution in [0.2, 0.25) is 0 Å². The van der Waals surface area contributed by atoms with Gasteiger partial charge in [0, 0.05) is 57.4 Å². The molecule has 0 bridgehead atoms. The SMILES string of the molecule is CO.COC(=O)c1cc(F)c([N+](=O)[O-])cc1NC(C)=O.COC(=O)c1cc(OC)c([N+](=O)[O-])cc1N=O.COC(=O)c1cc(OC)c([N+](=O)[O-])cc1NC(C)=O.COc1cc2c(=O)n(NS(C)(=O)=O)c(=O)[nH]c2cc1[N+](=O)[O-].CS(=O)(=O)NN.C[O-].[Na+]. The van der Waals surface area contributed by atoms with Crippen LogP contribution in [0.15, 0.2) is 63.3 Å². The van der Waals surface area contributed by atoms with Gasteiger partial charge in [0.05, 0.1) is 120 Å². The number of aliphatic hydroxyl groups excluding tert-OH is 1. The van der Waals surface area contributed by atoms with Gasteiger partial charge in [0.25, 0.3) is 5.56 Å². The maximum absolute atomic E-state index is 13.4. The van der Waals surface area contributed by atoms with Crippen molar-refractivity contribution in [2.75, 3.05) is 84.9 Å². The fourth-order valence-electron chi connectivity index (χ4n) is 5.72. The third-order valence-electron chi connectivity index (χ3n) is 9.09. The molecule has 0 fully saturated rings. The number of nitrogens with one attached hydrogen (secondary N) is 5. The Bertz CT molecular complexity index is 3720. The van der Waals surface area contributed by atoms with Crippen LogP contribution in [0.1, 0.15) is 44.9 Å². The number of H-pyrrole nitrogens is 1. The molecule has 4 aromatic carbocycles. The predicted octanol–water partition coefficient (Wildman–Crippen LogP) is -2.28. The summed E-state index contributed by atoms with van der Waals surface area (Å²) >= 11 is 0. The van der Waals surface area contributed by atoms with E-state index in [-0.39, 0.29) is 102 Å². The average molecular weight is 1290 g/mol. The molecule has 5 aromatic rings. The zero-order valence-electron chi connectivity index (χ0n) is 47.5. The Balaban J connectivity index is -0.00000103. The van der Waals surface area contributed by atoms with Crippen molar-refractivity contribution in [1.82, 2.24) is 14.5 Å². The Morgan fingerprint density at radius 3 is 1.30 bits per heavy atom. The number of carbonyl (C=O) groups excluding carboxylic acids is 5. The van der Waals surface area contributed by atoms with Crippen molar-refractivity contribution in [3.8, 4) is 17.2 Å². The van der Waals surface area contributed by atoms with E-state index in [1.165, 1.54) is 28.3 Å². The second-order valence-corrected chi connectivity index (χ2v) is 18.3. The van der Waals surface area contributed by atoms with Gasteiger partial charge in [-0.1, -0.05) is 0 Å². The minimum atomic E-state index is -3.87. The van der Waals surface area contributed by atoms with Gasteiger partial charge in [-0.3, -0.25) is 60.7 Å². The zero-order chi connectivity index (χ0) is 67.3. The van der Waals surface area contributed by atoms with E-state index in [0.29, 0.717) is 6.07 Å². The number of hydrogen-bond acceptors (Lipinski definition) is 30. The third kappa shape index (κ3) is 25.6. The number of nitrogens with zero attached hydrogens (tertiary/aromatic N) is 6. The first kappa shape index (κ1) is 81.5. The van der Waals surface area contributed by atoms with Crippen LogP contribution in [0, 0.1) is 51.2 Å². The number of aliphatic hydroxyl groups is 1. The Morgan fingerprint density at radius 1 is 0.609 bits per heavy atom. The van der Waals surface area contributed by atoms with Crippen molar-refractivity contribution in [2.45, 2.75) is 13.8 Å². The van der Waals surface area contributed by atoms with Crippen LogP contribution < -0.4 is 86.3 Å². The van der Waals surface area contributed by atoms with Gasteiger partial charge >= 0.3 is 75.9 Å². The number of methoxy groups -OCH3 is 6. The number of halogens is 1. The largest absolute Gasteiger partial charge is 1.00 e. The van der Waals surface area contributed by atoms with Crippen molar-refractivity contribution >= 4 is 100 Å². The molecule has 472 valence electrons. The van der Waals surface area contributed by atoms with Crippen molar-refractivity contribution in [3.63, 3.8) is 0 Å². The van der Waals surface area contributed by atoms with Gasteiger partial charge in [-0.2, -0.15) is 21.0 Å². The molecule has 0 radical (unpaired) electrons. The molecule has 0 aliphatic heterocycles. The topological polar surface area (TPSA) is 583 Å². The number of fused-ring (bicyclic) bond motifs is 1. The minimum Gasteiger partial charge on any atom is -0.857 e. The van der Waals surface area contributed by atoms with Crippen molar-refractivity contribution in [3.05, 3.63) is 137 Å². The molecular weight excluding hydrogens is 1240 g/mol. The summed E-state index contributed by atoms with van der Waals surface area (Å²) in [5, 5.41) is 65.2. The molecule has 44 heteroatoms. The fourth-order valence-corrected chi connectivity index (χ4v) is 6.22. The van der Waals surface area contributed by atoms with Gasteiger partial charge in [-0.05, 0) is 11.2 Å². The summed E-state index contributed by atoms with van der Waals surface area (Å²) in [6.45, 7) is 2.37. The molecule has 8 N–H and O–H groups in total. The zero-order valence-corrected chi connectivity index (χ0v) is 51.2. The number of ether oxygens (including phenoxy) is 6. The van der Waals surface area contributed by atoms with Gasteiger partial charge in [0.1, 0.15) is 5.69 Å². The molecule has 87 heavy (non-hydrogen) atoms. The van der Waals surface area contributed by atoms with Crippen molar-refractivity contribution in [1.29, 1.82) is 0 Å². The van der Waals surface area contributed by atoms with Crippen molar-refractivity contribution in [2.24, 2.45) is 11.0 Å². The number of aromatic nitrogens is 2. The molecule has 0 saturated carbocycles. The number of carbonyl (C=O) groups is 5. The molecule has 40 nitrogen and oxygen atoms in total. The van der Waals surface area contributed by atoms with Crippen LogP contribution in [-0.4, -0.2) is 150 Å².